The summed E-state index contributed by atoms with van der Waals surface area (Å²) in [5.74, 6) is 0. The highest BCUT2D eigenvalue weighted by molar-refractivity contribution is 7.87. The summed E-state index contributed by atoms with van der Waals surface area (Å²) in [5, 5.41) is -0.190. The number of hydrogen-bond donors (Lipinski definition) is 1. The predicted molar refractivity (Wildman–Crippen MR) is 93.5 cm³/mol. The van der Waals surface area contributed by atoms with Crippen LogP contribution < -0.4 is 4.89 Å². The monoisotopic (exact) mass is 366 g/mol. The van der Waals surface area contributed by atoms with E-state index in [1.165, 1.54) is 6.08 Å². The van der Waals surface area contributed by atoms with Crippen LogP contribution in [0.25, 0.3) is 0 Å². The summed E-state index contributed by atoms with van der Waals surface area (Å²) in [4.78, 5) is 14.2. The normalized spacial score (nSPS) is 13.6. The number of nitrogens with zero attached hydrogens (tertiary/aromatic N) is 1. The molecule has 0 aromatic rings. The van der Waals surface area contributed by atoms with Crippen LogP contribution in [-0.2, 0) is 19.5 Å². The highest BCUT2D eigenvalue weighted by Crippen LogP contribution is 2.36. The first kappa shape index (κ1) is 22.1. The molecule has 0 bridgehead atoms. The molecule has 0 aliphatic carbocycles. The summed E-state index contributed by atoms with van der Waals surface area (Å²) in [5.41, 5.74) is -0.813. The van der Waals surface area contributed by atoms with Crippen LogP contribution in [-0.4, -0.2) is 39.3 Å². The third-order valence-electron chi connectivity index (χ3n) is 3.39. The Morgan fingerprint density at radius 1 is 1.22 bits per heavy atom. The fourth-order valence-electron chi connectivity index (χ4n) is 1.06. The number of rotatable bonds is 6. The lowest BCUT2D eigenvalue weighted by atomic mass is 10.2. The van der Waals surface area contributed by atoms with Gasteiger partial charge in [-0.1, -0.05) is 31.7 Å². The first-order valence-corrected chi connectivity index (χ1v) is 11.7. The Morgan fingerprint density at radius 2 is 1.70 bits per heavy atom. The van der Waals surface area contributed by atoms with Gasteiger partial charge in [0, 0.05) is 0 Å². The molecule has 9 heteroatoms. The lowest BCUT2D eigenvalue weighted by Crippen LogP contribution is -2.52. The van der Waals surface area contributed by atoms with E-state index in [2.05, 4.69) is 11.5 Å². The third-order valence-corrected chi connectivity index (χ3v) is 8.94. The highest BCUT2D eigenvalue weighted by atomic mass is 32.2. The van der Waals surface area contributed by atoms with Gasteiger partial charge in [-0.2, -0.15) is 12.7 Å². The second-order valence-electron chi connectivity index (χ2n) is 7.75. The minimum Gasteiger partial charge on any atom is -0.443 e. The van der Waals surface area contributed by atoms with E-state index >= 15 is 0 Å². The molecule has 0 aliphatic heterocycles. The molecule has 0 fully saturated rings. The van der Waals surface area contributed by atoms with Crippen molar-refractivity contribution >= 4 is 24.6 Å². The van der Waals surface area contributed by atoms with Gasteiger partial charge in [-0.25, -0.2) is 4.79 Å². The zero-order chi connectivity index (χ0) is 18.7. The van der Waals surface area contributed by atoms with Gasteiger partial charge in [0.1, 0.15) is 5.60 Å². The van der Waals surface area contributed by atoms with Crippen molar-refractivity contribution in [2.75, 3.05) is 6.54 Å². The zero-order valence-electron chi connectivity index (χ0n) is 15.4. The average molecular weight is 367 g/mol. The molecule has 0 saturated carbocycles. The standard InChI is InChI=1S/C14H30N2O5SSi/c1-10-11-16(12(17)20-13(2,3)4)22(18,19)15-21-23(8,9)14(5,6)7/h10,15H,1,11H2,2-9H3. The molecule has 0 aliphatic rings. The number of carbonyl (C=O) groups is 1. The topological polar surface area (TPSA) is 84.9 Å². The molecule has 0 saturated heterocycles. The maximum atomic E-state index is 12.4. The van der Waals surface area contributed by atoms with Crippen LogP contribution in [0.4, 0.5) is 4.79 Å². The molecular formula is C14H30N2O5SSi. The van der Waals surface area contributed by atoms with Crippen LogP contribution in [0.15, 0.2) is 12.7 Å². The Labute approximate surface area is 141 Å². The average Bonchev–Trinajstić information content (AvgIpc) is 2.29. The maximum absolute atomic E-state index is 12.4. The van der Waals surface area contributed by atoms with Crippen molar-refractivity contribution in [2.24, 2.45) is 0 Å². The fourth-order valence-corrected chi connectivity index (χ4v) is 3.24. The summed E-state index contributed by atoms with van der Waals surface area (Å²) in [6.45, 7) is 17.9. The largest absolute Gasteiger partial charge is 0.443 e. The minimum absolute atomic E-state index is 0.190. The summed E-state index contributed by atoms with van der Waals surface area (Å²) in [7, 11) is -6.56. The van der Waals surface area contributed by atoms with Crippen LogP contribution in [0.1, 0.15) is 41.5 Å². The Bertz CT molecular complexity index is 532. The van der Waals surface area contributed by atoms with Gasteiger partial charge in [0.25, 0.3) is 0 Å². The molecule has 0 heterocycles. The number of ether oxygens (including phenoxy) is 1. The fraction of sp³-hybridized carbons (Fsp3) is 0.786. The Hall–Kier alpha value is -0.903. The van der Waals surface area contributed by atoms with Crippen molar-refractivity contribution in [3.63, 3.8) is 0 Å². The molecule has 0 aromatic carbocycles. The Morgan fingerprint density at radius 3 is 2.04 bits per heavy atom. The molecule has 0 radical (unpaired) electrons. The molecule has 0 aromatic heterocycles. The van der Waals surface area contributed by atoms with E-state index in [0.29, 0.717) is 4.31 Å². The maximum Gasteiger partial charge on any atom is 0.425 e. The molecule has 23 heavy (non-hydrogen) atoms. The number of amides is 1. The zero-order valence-corrected chi connectivity index (χ0v) is 17.2. The molecule has 7 nitrogen and oxygen atoms in total. The Kier molecular flexibility index (Phi) is 7.04. The van der Waals surface area contributed by atoms with Crippen molar-refractivity contribution in [3.8, 4) is 0 Å². The van der Waals surface area contributed by atoms with Gasteiger partial charge in [-0.3, -0.25) is 0 Å². The summed E-state index contributed by atoms with van der Waals surface area (Å²) < 4.78 is 35.9. The second kappa shape index (κ2) is 7.33. The van der Waals surface area contributed by atoms with E-state index in [9.17, 15) is 13.2 Å². The van der Waals surface area contributed by atoms with E-state index in [0.717, 1.165) is 0 Å². The van der Waals surface area contributed by atoms with Crippen LogP contribution in [0.3, 0.4) is 0 Å². The van der Waals surface area contributed by atoms with E-state index < -0.39 is 30.2 Å². The highest BCUT2D eigenvalue weighted by Gasteiger charge is 2.40. The summed E-state index contributed by atoms with van der Waals surface area (Å²) in [6, 6.07) is 0. The molecule has 0 spiro atoms. The Balaban J connectivity index is 5.25. The van der Waals surface area contributed by atoms with Crippen molar-refractivity contribution < 1.29 is 22.5 Å². The first-order valence-electron chi connectivity index (χ1n) is 7.35. The van der Waals surface area contributed by atoms with Crippen LogP contribution >= 0.6 is 0 Å². The molecule has 1 amide bonds. The third kappa shape index (κ3) is 7.02. The van der Waals surface area contributed by atoms with Gasteiger partial charge in [0.2, 0.25) is 8.32 Å². The van der Waals surface area contributed by atoms with Crippen LogP contribution in [0.2, 0.25) is 18.1 Å². The first-order chi connectivity index (χ1) is 10.0. The van der Waals surface area contributed by atoms with Crippen molar-refractivity contribution in [2.45, 2.75) is 65.3 Å². The second-order valence-corrected chi connectivity index (χ2v) is 14.0. The predicted octanol–water partition coefficient (Wildman–Crippen LogP) is 3.18. The summed E-state index contributed by atoms with van der Waals surface area (Å²) in [6.07, 6.45) is 0.318. The number of hydrogen-bond acceptors (Lipinski definition) is 5. The van der Waals surface area contributed by atoms with Gasteiger partial charge in [0.15, 0.2) is 0 Å². The minimum atomic E-state index is -4.20. The van der Waals surface area contributed by atoms with Gasteiger partial charge < -0.3 is 9.26 Å². The quantitative estimate of drug-likeness (QED) is 0.443. The smallest absolute Gasteiger partial charge is 0.425 e. The number of carbonyl (C=O) groups excluding carboxylic acids is 1. The molecular weight excluding hydrogens is 336 g/mol. The van der Waals surface area contributed by atoms with Gasteiger partial charge in [0.05, 0.1) is 6.54 Å². The SMILES string of the molecule is C=CCN(C(=O)OC(C)(C)C)S(=O)(=O)NO[Si](C)(C)C(C)(C)C. The summed E-state index contributed by atoms with van der Waals surface area (Å²) >= 11 is 0. The molecule has 1 N–H and O–H groups in total. The molecule has 136 valence electrons. The van der Waals surface area contributed by atoms with Gasteiger partial charge in [-0.05, 0) is 38.9 Å². The molecule has 0 rings (SSSR count). The van der Waals surface area contributed by atoms with Gasteiger partial charge >= 0.3 is 16.3 Å². The number of nitrogens with one attached hydrogen (secondary N) is 1. The van der Waals surface area contributed by atoms with E-state index in [4.69, 9.17) is 9.26 Å². The van der Waals surface area contributed by atoms with E-state index in [1.54, 1.807) is 20.8 Å². The van der Waals surface area contributed by atoms with Crippen molar-refractivity contribution in [1.82, 2.24) is 9.19 Å². The van der Waals surface area contributed by atoms with Crippen molar-refractivity contribution in [3.05, 3.63) is 12.7 Å². The van der Waals surface area contributed by atoms with Gasteiger partial charge in [-0.15, -0.1) is 6.58 Å². The van der Waals surface area contributed by atoms with E-state index in [-0.39, 0.29) is 11.6 Å². The molecule has 0 atom stereocenters. The van der Waals surface area contributed by atoms with Crippen molar-refractivity contribution in [1.29, 1.82) is 0 Å². The van der Waals surface area contributed by atoms with Crippen LogP contribution in [0.5, 0.6) is 0 Å². The van der Waals surface area contributed by atoms with Crippen LogP contribution in [0, 0.1) is 0 Å². The lowest BCUT2D eigenvalue weighted by molar-refractivity contribution is 0.0395. The van der Waals surface area contributed by atoms with E-state index in [1.807, 2.05) is 33.9 Å². The molecule has 0 unspecified atom stereocenters. The lowest BCUT2D eigenvalue weighted by Gasteiger charge is -2.35.